The second-order valence-electron chi connectivity index (χ2n) is 11.0. The summed E-state index contributed by atoms with van der Waals surface area (Å²) in [6.45, 7) is 1.93. The van der Waals surface area contributed by atoms with Crippen LogP contribution < -0.4 is 9.67 Å². The molecule has 0 bridgehead atoms. The number of carbonyl (C=O) groups is 2. The van der Waals surface area contributed by atoms with Gasteiger partial charge in [0.05, 0.1) is 5.56 Å². The predicted molar refractivity (Wildman–Crippen MR) is 173 cm³/mol. The Balaban J connectivity index is 0.000000280. The summed E-state index contributed by atoms with van der Waals surface area (Å²) in [5, 5.41) is 11.1. The van der Waals surface area contributed by atoms with Gasteiger partial charge in [-0.1, -0.05) is 60.1 Å². The van der Waals surface area contributed by atoms with Crippen molar-refractivity contribution in [2.75, 3.05) is 11.9 Å². The van der Waals surface area contributed by atoms with E-state index in [1.54, 1.807) is 41.3 Å². The van der Waals surface area contributed by atoms with E-state index >= 15 is 0 Å². The summed E-state index contributed by atoms with van der Waals surface area (Å²) in [4.78, 5) is 25.7. The molecule has 0 radical (unpaired) electrons. The van der Waals surface area contributed by atoms with E-state index in [4.69, 9.17) is 16.9 Å². The van der Waals surface area contributed by atoms with Crippen LogP contribution in [0.25, 0.3) is 0 Å². The third kappa shape index (κ3) is 10.6. The second-order valence-corrected chi connectivity index (χ2v) is 15.0. The summed E-state index contributed by atoms with van der Waals surface area (Å²) in [5.74, 6) is 0.0655. The maximum absolute atomic E-state index is 13.2. The molecule has 0 heterocycles. The molecule has 3 N–H and O–H groups in total. The number of carbonyl (C=O) groups excluding carboxylic acids is 2. The first kappa shape index (κ1) is 36.0. The molecular weight excluding hydrogens is 700 g/mol. The number of benzene rings is 4. The Kier molecular flexibility index (Phi) is 12.1. The molecule has 5 rings (SSSR count). The van der Waals surface area contributed by atoms with Gasteiger partial charge < -0.3 is 4.90 Å². The van der Waals surface area contributed by atoms with Crippen molar-refractivity contribution >= 4 is 47.6 Å². The maximum Gasteiger partial charge on any atom is 0.416 e. The van der Waals surface area contributed by atoms with E-state index in [9.17, 15) is 30.6 Å². The van der Waals surface area contributed by atoms with E-state index in [2.05, 4.69) is 21.3 Å². The van der Waals surface area contributed by atoms with Gasteiger partial charge in [0, 0.05) is 23.7 Å². The first-order chi connectivity index (χ1) is 22.3. The molecule has 0 spiro atoms. The van der Waals surface area contributed by atoms with Crippen molar-refractivity contribution in [3.8, 4) is 0 Å². The molecule has 1 unspecified atom stereocenters. The van der Waals surface area contributed by atoms with E-state index in [0.29, 0.717) is 35.0 Å². The molecule has 0 saturated heterocycles. The van der Waals surface area contributed by atoms with Crippen LogP contribution in [0.3, 0.4) is 0 Å². The number of amides is 2. The minimum atomic E-state index is -4.92. The Labute approximate surface area is 278 Å². The van der Waals surface area contributed by atoms with Crippen LogP contribution >= 0.6 is 11.6 Å². The van der Waals surface area contributed by atoms with Gasteiger partial charge in [-0.3, -0.25) is 4.79 Å². The molecule has 0 aliphatic heterocycles. The van der Waals surface area contributed by atoms with Gasteiger partial charge in [0.1, 0.15) is 0 Å². The quantitative estimate of drug-likeness (QED) is 0.0937. The molecule has 8 nitrogen and oxygen atoms in total. The van der Waals surface area contributed by atoms with Crippen molar-refractivity contribution < 1.29 is 39.7 Å². The summed E-state index contributed by atoms with van der Waals surface area (Å²) in [5.41, 5.74) is 2.76. The number of halogens is 4. The van der Waals surface area contributed by atoms with Crippen molar-refractivity contribution in [1.29, 1.82) is 0 Å². The van der Waals surface area contributed by atoms with Crippen LogP contribution in [0.15, 0.2) is 97.1 Å². The molecule has 1 atom stereocenters. The third-order valence-corrected chi connectivity index (χ3v) is 10.1. The Morgan fingerprint density at radius 2 is 1.64 bits per heavy atom. The van der Waals surface area contributed by atoms with Gasteiger partial charge in [0.2, 0.25) is 0 Å². The zero-order valence-corrected chi connectivity index (χ0v) is 27.9. The molecule has 4 aromatic rings. The zero-order chi connectivity index (χ0) is 34.2. The van der Waals surface area contributed by atoms with Crippen molar-refractivity contribution in [2.24, 2.45) is 0 Å². The van der Waals surface area contributed by atoms with E-state index in [-0.39, 0.29) is 28.4 Å². The molecule has 1 aliphatic rings. The third-order valence-electron chi connectivity index (χ3n) is 7.32. The standard InChI is InChI=1S/C26H23ClF3NO.C8H10AsNO5/c27-24-6-2-4-22(16-24)25(32)31(17-19-7-9-20(10-8-19)21-11-12-21)14-13-18-3-1-5-23(15-18)26(28,29)30;1-6(11)10-8-5-3-2-4-7(8)9(12,13)15-14/h1-10,15-16,21H,11-14,17H2;2-5,14H,1H3,(H,10,11)(H,12,13). The first-order valence-corrected chi connectivity index (χ1v) is 18.3. The van der Waals surface area contributed by atoms with Gasteiger partial charge in [0.25, 0.3) is 5.91 Å². The Bertz CT molecular complexity index is 1750. The minimum absolute atomic E-state index is 0.103. The van der Waals surface area contributed by atoms with Crippen LogP contribution in [0.4, 0.5) is 18.9 Å². The summed E-state index contributed by atoms with van der Waals surface area (Å²) >= 11 is 1.14. The molecule has 13 heteroatoms. The molecule has 4 aromatic carbocycles. The fourth-order valence-corrected chi connectivity index (χ4v) is 6.68. The Morgan fingerprint density at radius 1 is 0.957 bits per heavy atom. The molecule has 1 saturated carbocycles. The van der Waals surface area contributed by atoms with E-state index < -0.39 is 25.9 Å². The van der Waals surface area contributed by atoms with Gasteiger partial charge in [-0.15, -0.1) is 0 Å². The van der Waals surface area contributed by atoms with Crippen molar-refractivity contribution in [2.45, 2.75) is 44.8 Å². The number of alkyl halides is 3. The van der Waals surface area contributed by atoms with E-state index in [1.165, 1.54) is 49.6 Å². The summed E-state index contributed by atoms with van der Waals surface area (Å²) in [7, 11) is 0. The van der Waals surface area contributed by atoms with Gasteiger partial charge in [-0.2, -0.15) is 13.2 Å². The van der Waals surface area contributed by atoms with Gasteiger partial charge in [0.15, 0.2) is 0 Å². The normalized spacial score (nSPS) is 13.9. The number of rotatable bonds is 10. The number of hydrogen-bond donors (Lipinski definition) is 3. The largest absolute Gasteiger partial charge is 0.416 e. The van der Waals surface area contributed by atoms with Gasteiger partial charge in [-0.05, 0) is 66.1 Å². The Morgan fingerprint density at radius 3 is 2.26 bits per heavy atom. The van der Waals surface area contributed by atoms with E-state index in [0.717, 1.165) is 17.7 Å². The SMILES string of the molecule is CC(=O)Nc1ccccc1[As](=O)(O)OO.O=C(c1cccc(Cl)c1)N(CCc1cccc(C(F)(F)F)c1)Cc1ccc(C2CC2)cc1. The topological polar surface area (TPSA) is 116 Å². The molecule has 47 heavy (non-hydrogen) atoms. The van der Waals surface area contributed by atoms with Crippen molar-refractivity contribution in [3.63, 3.8) is 0 Å². The number of hydrogen-bond acceptors (Lipinski definition) is 5. The van der Waals surface area contributed by atoms with Crippen molar-refractivity contribution in [3.05, 3.63) is 130 Å². The van der Waals surface area contributed by atoms with Crippen LogP contribution in [0.2, 0.25) is 5.02 Å². The average Bonchev–Trinajstić information content (AvgIpc) is 3.89. The van der Waals surface area contributed by atoms with Crippen LogP contribution in [0.5, 0.6) is 0 Å². The van der Waals surface area contributed by atoms with Crippen LogP contribution in [-0.4, -0.2) is 46.8 Å². The predicted octanol–water partition coefficient (Wildman–Crippen LogP) is 6.82. The molecular formula is C34H33AsClF3N2O6. The molecule has 1 aliphatic carbocycles. The molecule has 1 fully saturated rings. The number of para-hydroxylation sites is 1. The molecule has 2 amide bonds. The van der Waals surface area contributed by atoms with Gasteiger partial charge >= 0.3 is 94.6 Å². The minimum Gasteiger partial charge on any atom is -0.334 e. The zero-order valence-electron chi connectivity index (χ0n) is 25.3. The summed E-state index contributed by atoms with van der Waals surface area (Å²) < 4.78 is 63.3. The van der Waals surface area contributed by atoms with Crippen LogP contribution in [0, 0.1) is 0 Å². The first-order valence-electron chi connectivity index (χ1n) is 14.6. The number of nitrogens with one attached hydrogen (secondary N) is 1. The number of anilines is 1. The van der Waals surface area contributed by atoms with Crippen LogP contribution in [0.1, 0.15) is 58.3 Å². The molecule has 0 aromatic heterocycles. The monoisotopic (exact) mass is 732 g/mol. The number of nitrogens with zero attached hydrogens (tertiary/aromatic N) is 1. The molecule has 248 valence electrons. The van der Waals surface area contributed by atoms with Gasteiger partial charge in [-0.25, -0.2) is 0 Å². The summed E-state index contributed by atoms with van der Waals surface area (Å²) in [6.07, 6.45) is -1.64. The Hall–Kier alpha value is -3.86. The average molecular weight is 733 g/mol. The smallest absolute Gasteiger partial charge is 0.334 e. The van der Waals surface area contributed by atoms with E-state index in [1.807, 2.05) is 12.1 Å². The summed E-state index contributed by atoms with van der Waals surface area (Å²) in [6, 6.07) is 26.1. The maximum atomic E-state index is 13.2. The fourth-order valence-electron chi connectivity index (χ4n) is 4.82. The second kappa shape index (κ2) is 15.8. The van der Waals surface area contributed by atoms with Crippen LogP contribution in [-0.2, 0) is 31.6 Å². The fraction of sp³-hybridized carbons (Fsp3) is 0.235. The van der Waals surface area contributed by atoms with Crippen molar-refractivity contribution in [1.82, 2.24) is 4.90 Å².